The Balaban J connectivity index is 2.28. The molecule has 0 unspecified atom stereocenters. The second-order valence-corrected chi connectivity index (χ2v) is 6.20. The molecule has 2 atom stereocenters. The van der Waals surface area contributed by atoms with E-state index in [-0.39, 0.29) is 5.25 Å². The fourth-order valence-electron chi connectivity index (χ4n) is 2.16. The smallest absolute Gasteiger partial charge is 0.160 e. The quantitative estimate of drug-likeness (QED) is 0.538. The van der Waals surface area contributed by atoms with Gasteiger partial charge < -0.3 is 0 Å². The van der Waals surface area contributed by atoms with Crippen LogP contribution in [-0.4, -0.2) is 19.4 Å². The van der Waals surface area contributed by atoms with Gasteiger partial charge in [0.25, 0.3) is 0 Å². The summed E-state index contributed by atoms with van der Waals surface area (Å²) in [5.74, 6) is 0.875. The van der Waals surface area contributed by atoms with E-state index in [1.807, 2.05) is 6.08 Å². The molecule has 1 aliphatic heterocycles. The predicted octanol–water partition coefficient (Wildman–Crippen LogP) is 1.53. The van der Waals surface area contributed by atoms with Gasteiger partial charge in [-0.25, -0.2) is 8.42 Å². The van der Waals surface area contributed by atoms with E-state index < -0.39 is 9.84 Å². The first-order chi connectivity index (χ1) is 5.59. The van der Waals surface area contributed by atoms with Crippen LogP contribution in [0.15, 0.2) is 11.6 Å². The molecule has 0 spiro atoms. The van der Waals surface area contributed by atoms with Crippen molar-refractivity contribution in [1.29, 1.82) is 0 Å². The molecular weight excluding hydrogens is 172 g/mol. The Bertz CT molecular complexity index is 313. The van der Waals surface area contributed by atoms with Crippen LogP contribution in [0.25, 0.3) is 0 Å². The van der Waals surface area contributed by atoms with Crippen molar-refractivity contribution in [2.45, 2.75) is 31.4 Å². The maximum Gasteiger partial charge on any atom is 0.160 e. The highest BCUT2D eigenvalue weighted by Crippen LogP contribution is 2.36. The van der Waals surface area contributed by atoms with E-state index in [1.165, 1.54) is 5.57 Å². The molecule has 0 saturated heterocycles. The lowest BCUT2D eigenvalue weighted by atomic mass is 9.87. The van der Waals surface area contributed by atoms with Crippen molar-refractivity contribution >= 4 is 9.84 Å². The van der Waals surface area contributed by atoms with Crippen molar-refractivity contribution in [3.05, 3.63) is 11.6 Å². The maximum absolute atomic E-state index is 11.5. The molecule has 0 aromatic rings. The molecule has 2 rings (SSSR count). The highest BCUT2D eigenvalue weighted by Gasteiger charge is 2.36. The van der Waals surface area contributed by atoms with Gasteiger partial charge in [0.1, 0.15) is 0 Å². The summed E-state index contributed by atoms with van der Waals surface area (Å²) in [6.45, 7) is 2.14. The van der Waals surface area contributed by atoms with Crippen molar-refractivity contribution in [2.24, 2.45) is 5.92 Å². The monoisotopic (exact) mass is 186 g/mol. The van der Waals surface area contributed by atoms with Gasteiger partial charge in [-0.2, -0.15) is 0 Å². The van der Waals surface area contributed by atoms with Crippen molar-refractivity contribution in [3.63, 3.8) is 0 Å². The third kappa shape index (κ3) is 1.20. The molecule has 2 aliphatic rings. The second-order valence-electron chi connectivity index (χ2n) is 3.98. The van der Waals surface area contributed by atoms with Crippen molar-refractivity contribution in [2.75, 3.05) is 5.75 Å². The van der Waals surface area contributed by atoms with Crippen LogP contribution in [0.5, 0.6) is 0 Å². The molecule has 1 fully saturated rings. The lowest BCUT2D eigenvalue weighted by Crippen LogP contribution is -2.26. The molecule has 0 aromatic heterocycles. The minimum atomic E-state index is -2.77. The minimum Gasteiger partial charge on any atom is -0.228 e. The highest BCUT2D eigenvalue weighted by atomic mass is 32.2. The first kappa shape index (κ1) is 8.30. The average molecular weight is 186 g/mol. The van der Waals surface area contributed by atoms with Gasteiger partial charge in [-0.3, -0.25) is 0 Å². The largest absolute Gasteiger partial charge is 0.228 e. The van der Waals surface area contributed by atoms with Crippen LogP contribution < -0.4 is 0 Å². The van der Waals surface area contributed by atoms with Gasteiger partial charge in [0, 0.05) is 0 Å². The molecule has 1 aliphatic carbocycles. The van der Waals surface area contributed by atoms with Crippen molar-refractivity contribution < 1.29 is 8.42 Å². The number of fused-ring (bicyclic) bond motifs is 1. The molecule has 3 heteroatoms. The molecule has 68 valence electrons. The molecule has 0 bridgehead atoms. The van der Waals surface area contributed by atoms with Gasteiger partial charge in [0.2, 0.25) is 0 Å². The zero-order valence-electron chi connectivity index (χ0n) is 7.29. The van der Waals surface area contributed by atoms with Crippen LogP contribution in [0.1, 0.15) is 26.2 Å². The van der Waals surface area contributed by atoms with Crippen LogP contribution in [0.3, 0.4) is 0 Å². The molecular formula is C9H14O2S. The first-order valence-corrected chi connectivity index (χ1v) is 6.21. The molecule has 0 N–H and O–H groups in total. The topological polar surface area (TPSA) is 34.1 Å². The van der Waals surface area contributed by atoms with E-state index in [2.05, 4.69) is 6.92 Å². The van der Waals surface area contributed by atoms with Gasteiger partial charge in [-0.15, -0.1) is 0 Å². The summed E-state index contributed by atoms with van der Waals surface area (Å²) < 4.78 is 23.0. The standard InChI is InChI=1S/C9H14O2S/c1-7-2-3-8-4-5-12(10,11)9(8)6-7/h4,7,9H,2-3,5-6H2,1H3/t7-,9+/m1/s1. The van der Waals surface area contributed by atoms with Crippen molar-refractivity contribution in [3.8, 4) is 0 Å². The average Bonchev–Trinajstić information content (AvgIpc) is 2.28. The van der Waals surface area contributed by atoms with Gasteiger partial charge in [-0.05, 0) is 25.2 Å². The van der Waals surface area contributed by atoms with Crippen LogP contribution >= 0.6 is 0 Å². The van der Waals surface area contributed by atoms with E-state index >= 15 is 0 Å². The number of hydrogen-bond acceptors (Lipinski definition) is 2. The lowest BCUT2D eigenvalue weighted by molar-refractivity contribution is 0.442. The zero-order valence-corrected chi connectivity index (χ0v) is 8.10. The normalized spacial score (nSPS) is 38.9. The SMILES string of the molecule is C[C@@H]1CCC2=CCS(=O)(=O)[C@H]2C1. The minimum absolute atomic E-state index is 0.110. The Kier molecular flexibility index (Phi) is 1.79. The molecule has 12 heavy (non-hydrogen) atoms. The third-order valence-corrected chi connectivity index (χ3v) is 4.96. The lowest BCUT2D eigenvalue weighted by Gasteiger charge is -2.25. The number of sulfone groups is 1. The fraction of sp³-hybridized carbons (Fsp3) is 0.778. The Morgan fingerprint density at radius 3 is 3.00 bits per heavy atom. The van der Waals surface area contributed by atoms with Crippen molar-refractivity contribution in [1.82, 2.24) is 0 Å². The molecule has 0 aromatic carbocycles. The van der Waals surface area contributed by atoms with Crippen LogP contribution in [0, 0.1) is 5.92 Å². The van der Waals surface area contributed by atoms with E-state index in [4.69, 9.17) is 0 Å². The molecule has 0 amide bonds. The highest BCUT2D eigenvalue weighted by molar-refractivity contribution is 7.92. The second kappa shape index (κ2) is 2.59. The summed E-state index contributed by atoms with van der Waals surface area (Å²) in [5, 5.41) is -0.110. The fourth-order valence-corrected chi connectivity index (χ4v) is 4.13. The predicted molar refractivity (Wildman–Crippen MR) is 48.7 cm³/mol. The Morgan fingerprint density at radius 2 is 2.25 bits per heavy atom. The van der Waals surface area contributed by atoms with Gasteiger partial charge in [0.05, 0.1) is 11.0 Å². The first-order valence-electron chi connectivity index (χ1n) is 4.50. The summed E-state index contributed by atoms with van der Waals surface area (Å²) in [7, 11) is -2.77. The Labute approximate surface area is 73.6 Å². The van der Waals surface area contributed by atoms with Crippen LogP contribution in [-0.2, 0) is 9.84 Å². The summed E-state index contributed by atoms with van der Waals surface area (Å²) in [6.07, 6.45) is 4.95. The maximum atomic E-state index is 11.5. The Morgan fingerprint density at radius 1 is 1.50 bits per heavy atom. The molecule has 0 radical (unpaired) electrons. The zero-order chi connectivity index (χ0) is 8.77. The van der Waals surface area contributed by atoms with Gasteiger partial charge >= 0.3 is 0 Å². The number of rotatable bonds is 0. The van der Waals surface area contributed by atoms with Gasteiger partial charge in [-0.1, -0.05) is 18.6 Å². The van der Waals surface area contributed by atoms with E-state index in [1.54, 1.807) is 0 Å². The van der Waals surface area contributed by atoms with Gasteiger partial charge in [0.15, 0.2) is 9.84 Å². The Hall–Kier alpha value is -0.310. The van der Waals surface area contributed by atoms with E-state index in [0.29, 0.717) is 11.7 Å². The van der Waals surface area contributed by atoms with Crippen LogP contribution in [0.2, 0.25) is 0 Å². The molecule has 1 heterocycles. The summed E-state index contributed by atoms with van der Waals surface area (Å²) in [6, 6.07) is 0. The summed E-state index contributed by atoms with van der Waals surface area (Å²) >= 11 is 0. The summed E-state index contributed by atoms with van der Waals surface area (Å²) in [4.78, 5) is 0. The van der Waals surface area contributed by atoms with E-state index in [0.717, 1.165) is 19.3 Å². The van der Waals surface area contributed by atoms with Crippen LogP contribution in [0.4, 0.5) is 0 Å². The molecule has 1 saturated carbocycles. The number of hydrogen-bond donors (Lipinski definition) is 0. The van der Waals surface area contributed by atoms with E-state index in [9.17, 15) is 8.42 Å². The summed E-state index contributed by atoms with van der Waals surface area (Å²) in [5.41, 5.74) is 1.19. The third-order valence-electron chi connectivity index (χ3n) is 2.97. The molecule has 2 nitrogen and oxygen atoms in total.